The number of amides is 2. The lowest BCUT2D eigenvalue weighted by molar-refractivity contribution is -0.129. The molecule has 2 atom stereocenters. The second-order valence-corrected chi connectivity index (χ2v) is 5.30. The summed E-state index contributed by atoms with van der Waals surface area (Å²) in [5.41, 5.74) is 0. The second-order valence-electron chi connectivity index (χ2n) is 5.30. The van der Waals surface area contributed by atoms with Gasteiger partial charge < -0.3 is 10.1 Å². The van der Waals surface area contributed by atoms with E-state index in [2.05, 4.69) is 20.7 Å². The molecule has 0 aliphatic carbocycles. The van der Waals surface area contributed by atoms with Gasteiger partial charge in [-0.1, -0.05) is 6.92 Å². The molecule has 2 aliphatic heterocycles. The Kier molecular flexibility index (Phi) is 3.87. The molecule has 3 rings (SSSR count). The zero-order valence-corrected chi connectivity index (χ0v) is 12.0. The average molecular weight is 293 g/mol. The molecule has 0 bridgehead atoms. The van der Waals surface area contributed by atoms with Gasteiger partial charge in [0.2, 0.25) is 17.8 Å². The minimum atomic E-state index is -0.636. The van der Waals surface area contributed by atoms with Gasteiger partial charge in [-0.3, -0.25) is 14.9 Å². The van der Waals surface area contributed by atoms with Gasteiger partial charge in [-0.15, -0.1) is 0 Å². The molecular formula is C13H19N5O3. The Balaban J connectivity index is 1.70. The van der Waals surface area contributed by atoms with Crippen molar-refractivity contribution in [1.29, 1.82) is 0 Å². The molecule has 2 amide bonds. The summed E-state index contributed by atoms with van der Waals surface area (Å²) >= 11 is 0. The van der Waals surface area contributed by atoms with E-state index in [1.165, 1.54) is 4.68 Å². The number of hydrogen-bond donors (Lipinski definition) is 2. The third kappa shape index (κ3) is 2.90. The SMILES string of the molecule is CCc1nc2n(n1)[C@H](C(=O)NC[C@H]1CCCO1)CC(=O)N2. The van der Waals surface area contributed by atoms with Crippen LogP contribution in [0.2, 0.25) is 0 Å². The van der Waals surface area contributed by atoms with E-state index in [1.807, 2.05) is 6.92 Å². The van der Waals surface area contributed by atoms with Gasteiger partial charge in [0.05, 0.1) is 12.5 Å². The number of rotatable bonds is 4. The van der Waals surface area contributed by atoms with Gasteiger partial charge in [0.15, 0.2) is 5.82 Å². The van der Waals surface area contributed by atoms with E-state index in [1.54, 1.807) is 0 Å². The highest BCUT2D eigenvalue weighted by Gasteiger charge is 2.33. The van der Waals surface area contributed by atoms with Crippen LogP contribution in [-0.4, -0.2) is 45.8 Å². The number of carbonyl (C=O) groups is 2. The summed E-state index contributed by atoms with van der Waals surface area (Å²) in [4.78, 5) is 28.2. The third-order valence-electron chi connectivity index (χ3n) is 3.75. The van der Waals surface area contributed by atoms with Gasteiger partial charge in [-0.25, -0.2) is 4.68 Å². The molecule has 0 radical (unpaired) electrons. The number of aromatic nitrogens is 3. The lowest BCUT2D eigenvalue weighted by Gasteiger charge is -2.23. The standard InChI is InChI=1S/C13H19N5O3/c1-2-10-15-13-16-11(19)6-9(18(13)17-10)12(20)14-7-8-4-3-5-21-8/h8-9H,2-7H2,1H3,(H,14,20)(H,15,16,17,19)/t8-,9+/m1/s1. The fraction of sp³-hybridized carbons (Fsp3) is 0.692. The summed E-state index contributed by atoms with van der Waals surface area (Å²) < 4.78 is 6.98. The van der Waals surface area contributed by atoms with Crippen LogP contribution in [0, 0.1) is 0 Å². The van der Waals surface area contributed by atoms with Crippen LogP contribution in [0.1, 0.15) is 38.1 Å². The number of ether oxygens (including phenoxy) is 1. The third-order valence-corrected chi connectivity index (χ3v) is 3.75. The summed E-state index contributed by atoms with van der Waals surface area (Å²) in [6.45, 7) is 3.15. The summed E-state index contributed by atoms with van der Waals surface area (Å²) in [6, 6.07) is -0.636. The predicted molar refractivity (Wildman–Crippen MR) is 73.7 cm³/mol. The zero-order chi connectivity index (χ0) is 14.8. The van der Waals surface area contributed by atoms with Crippen molar-refractivity contribution in [1.82, 2.24) is 20.1 Å². The monoisotopic (exact) mass is 293 g/mol. The van der Waals surface area contributed by atoms with Crippen LogP contribution in [0.5, 0.6) is 0 Å². The number of hydrogen-bond acceptors (Lipinski definition) is 5. The predicted octanol–water partition coefficient (Wildman–Crippen LogP) is 0.0190. The molecule has 3 heterocycles. The van der Waals surface area contributed by atoms with Crippen LogP contribution >= 0.6 is 0 Å². The molecule has 2 aliphatic rings. The fourth-order valence-electron chi connectivity index (χ4n) is 2.60. The van der Waals surface area contributed by atoms with Gasteiger partial charge in [-0.05, 0) is 12.8 Å². The van der Waals surface area contributed by atoms with Gasteiger partial charge in [0.25, 0.3) is 0 Å². The van der Waals surface area contributed by atoms with Crippen LogP contribution in [0.3, 0.4) is 0 Å². The van der Waals surface area contributed by atoms with E-state index >= 15 is 0 Å². The van der Waals surface area contributed by atoms with E-state index in [0.717, 1.165) is 19.4 Å². The van der Waals surface area contributed by atoms with Crippen LogP contribution in [0.4, 0.5) is 5.95 Å². The number of fused-ring (bicyclic) bond motifs is 1. The van der Waals surface area contributed by atoms with Crippen LogP contribution in [-0.2, 0) is 20.7 Å². The first-order valence-corrected chi connectivity index (χ1v) is 7.32. The quantitative estimate of drug-likeness (QED) is 0.815. The van der Waals surface area contributed by atoms with Gasteiger partial charge in [-0.2, -0.15) is 10.1 Å². The highest BCUT2D eigenvalue weighted by molar-refractivity contribution is 5.96. The molecule has 8 nitrogen and oxygen atoms in total. The van der Waals surface area contributed by atoms with Gasteiger partial charge >= 0.3 is 0 Å². The van der Waals surface area contributed by atoms with Crippen molar-refractivity contribution in [2.75, 3.05) is 18.5 Å². The molecule has 8 heteroatoms. The maximum absolute atomic E-state index is 12.3. The van der Waals surface area contributed by atoms with E-state index in [9.17, 15) is 9.59 Å². The van der Waals surface area contributed by atoms with Crippen molar-refractivity contribution in [2.24, 2.45) is 0 Å². The summed E-state index contributed by atoms with van der Waals surface area (Å²) in [5.74, 6) is 0.536. The van der Waals surface area contributed by atoms with Gasteiger partial charge in [0.1, 0.15) is 6.04 Å². The first-order valence-electron chi connectivity index (χ1n) is 7.32. The van der Waals surface area contributed by atoms with Crippen molar-refractivity contribution in [3.8, 4) is 0 Å². The fourth-order valence-corrected chi connectivity index (χ4v) is 2.60. The Morgan fingerprint density at radius 3 is 3.14 bits per heavy atom. The number of nitrogens with one attached hydrogen (secondary N) is 2. The molecule has 0 spiro atoms. The normalized spacial score (nSPS) is 24.5. The molecule has 1 saturated heterocycles. The molecule has 2 N–H and O–H groups in total. The number of anilines is 1. The molecule has 0 aromatic carbocycles. The highest BCUT2D eigenvalue weighted by atomic mass is 16.5. The van der Waals surface area contributed by atoms with Crippen LogP contribution < -0.4 is 10.6 Å². The minimum absolute atomic E-state index is 0.0767. The van der Waals surface area contributed by atoms with Gasteiger partial charge in [0, 0.05) is 19.6 Å². The molecule has 0 unspecified atom stereocenters. The Morgan fingerprint density at radius 1 is 1.57 bits per heavy atom. The molecular weight excluding hydrogens is 274 g/mol. The molecule has 1 aromatic heterocycles. The first-order chi connectivity index (χ1) is 10.2. The molecule has 114 valence electrons. The molecule has 1 aromatic rings. The molecule has 1 fully saturated rings. The highest BCUT2D eigenvalue weighted by Crippen LogP contribution is 2.23. The van der Waals surface area contributed by atoms with Crippen molar-refractivity contribution >= 4 is 17.8 Å². The summed E-state index contributed by atoms with van der Waals surface area (Å²) in [6.07, 6.45) is 2.80. The summed E-state index contributed by atoms with van der Waals surface area (Å²) in [7, 11) is 0. The smallest absolute Gasteiger partial charge is 0.245 e. The van der Waals surface area contributed by atoms with Crippen molar-refractivity contribution in [2.45, 2.75) is 44.8 Å². The van der Waals surface area contributed by atoms with E-state index in [-0.39, 0.29) is 24.3 Å². The van der Waals surface area contributed by atoms with E-state index < -0.39 is 6.04 Å². The minimum Gasteiger partial charge on any atom is -0.376 e. The number of aryl methyl sites for hydroxylation is 1. The number of carbonyl (C=O) groups excluding carboxylic acids is 2. The van der Waals surface area contributed by atoms with Crippen LogP contribution in [0.15, 0.2) is 0 Å². The maximum atomic E-state index is 12.3. The lowest BCUT2D eigenvalue weighted by Crippen LogP contribution is -2.41. The van der Waals surface area contributed by atoms with Crippen LogP contribution in [0.25, 0.3) is 0 Å². The Bertz CT molecular complexity index is 550. The maximum Gasteiger partial charge on any atom is 0.245 e. The Hall–Kier alpha value is -1.96. The Labute approximate surface area is 122 Å². The second kappa shape index (κ2) is 5.80. The molecule has 0 saturated carbocycles. The van der Waals surface area contributed by atoms with Crippen molar-refractivity contribution in [3.63, 3.8) is 0 Å². The van der Waals surface area contributed by atoms with Crippen molar-refractivity contribution in [3.05, 3.63) is 5.82 Å². The van der Waals surface area contributed by atoms with E-state index in [0.29, 0.717) is 24.7 Å². The van der Waals surface area contributed by atoms with E-state index in [4.69, 9.17) is 4.74 Å². The lowest BCUT2D eigenvalue weighted by atomic mass is 10.1. The van der Waals surface area contributed by atoms with Crippen molar-refractivity contribution < 1.29 is 14.3 Å². The average Bonchev–Trinajstić information content (AvgIpc) is 3.12. The molecule has 21 heavy (non-hydrogen) atoms. The summed E-state index contributed by atoms with van der Waals surface area (Å²) in [5, 5.41) is 9.78. The Morgan fingerprint density at radius 2 is 2.43 bits per heavy atom. The topological polar surface area (TPSA) is 98.1 Å². The zero-order valence-electron chi connectivity index (χ0n) is 12.0. The number of nitrogens with zero attached hydrogens (tertiary/aromatic N) is 3. The first kappa shape index (κ1) is 14.0. The largest absolute Gasteiger partial charge is 0.376 e.